The van der Waals surface area contributed by atoms with E-state index in [1.807, 2.05) is 13.8 Å². The van der Waals surface area contributed by atoms with E-state index in [4.69, 9.17) is 5.73 Å². The summed E-state index contributed by atoms with van der Waals surface area (Å²) in [5, 5.41) is 0. The molecule has 0 amide bonds. The molecule has 16 heavy (non-hydrogen) atoms. The van der Waals surface area contributed by atoms with E-state index in [-0.39, 0.29) is 16.9 Å². The van der Waals surface area contributed by atoms with Gasteiger partial charge >= 0.3 is 0 Å². The van der Waals surface area contributed by atoms with E-state index >= 15 is 0 Å². The van der Waals surface area contributed by atoms with Crippen LogP contribution in [0.15, 0.2) is 12.1 Å². The number of benzene rings is 1. The summed E-state index contributed by atoms with van der Waals surface area (Å²) in [6.45, 7) is 4.68. The van der Waals surface area contributed by atoms with Gasteiger partial charge in [-0.3, -0.25) is 0 Å². The van der Waals surface area contributed by atoms with Crippen LogP contribution in [-0.4, -0.2) is 12.1 Å². The molecular weight excluding hydrogens is 210 g/mol. The summed E-state index contributed by atoms with van der Waals surface area (Å²) in [7, 11) is 0. The lowest BCUT2D eigenvalue weighted by Gasteiger charge is -2.34. The summed E-state index contributed by atoms with van der Waals surface area (Å²) in [4.78, 5) is 1.79. The summed E-state index contributed by atoms with van der Waals surface area (Å²) in [6, 6.07) is 2.35. The van der Waals surface area contributed by atoms with Crippen molar-refractivity contribution < 1.29 is 8.78 Å². The van der Waals surface area contributed by atoms with Crippen LogP contribution in [0.3, 0.4) is 0 Å². The predicted octanol–water partition coefficient (Wildman–Crippen LogP) is 2.93. The molecule has 88 valence electrons. The fraction of sp³-hybridized carbons (Fsp3) is 0.500. The third kappa shape index (κ3) is 1.72. The molecule has 1 heterocycles. The Morgan fingerprint density at radius 2 is 1.81 bits per heavy atom. The monoisotopic (exact) mass is 226 g/mol. The number of halogens is 2. The molecule has 1 aliphatic rings. The molecular formula is C12H16F2N2. The minimum absolute atomic E-state index is 0.0525. The maximum Gasteiger partial charge on any atom is 0.151 e. The molecule has 0 bridgehead atoms. The Morgan fingerprint density at radius 3 is 2.25 bits per heavy atom. The molecule has 0 unspecified atom stereocenters. The standard InChI is InChI=1S/C12H16F2N2/c1-12(2)4-3-5-16(12)11-9(13)6-8(15)7-10(11)14/h6-7H,3-5,15H2,1-2H3. The molecule has 0 radical (unpaired) electrons. The number of anilines is 2. The molecule has 0 aliphatic carbocycles. The van der Waals surface area contributed by atoms with E-state index in [0.717, 1.165) is 12.8 Å². The number of nitrogens with two attached hydrogens (primary N) is 1. The summed E-state index contributed by atoms with van der Waals surface area (Å²) in [5.41, 5.74) is 5.37. The molecule has 0 saturated carbocycles. The number of nitrogens with zero attached hydrogens (tertiary/aromatic N) is 1. The van der Waals surface area contributed by atoms with E-state index in [1.54, 1.807) is 4.90 Å². The first-order chi connectivity index (χ1) is 7.42. The van der Waals surface area contributed by atoms with Gasteiger partial charge in [0.2, 0.25) is 0 Å². The second-order valence-electron chi connectivity index (χ2n) is 4.90. The molecule has 2 N–H and O–H groups in total. The van der Waals surface area contributed by atoms with E-state index in [0.29, 0.717) is 6.54 Å². The van der Waals surface area contributed by atoms with Gasteiger partial charge in [0.05, 0.1) is 0 Å². The third-order valence-corrected chi connectivity index (χ3v) is 3.21. The number of hydrogen-bond acceptors (Lipinski definition) is 2. The molecule has 0 atom stereocenters. The van der Waals surface area contributed by atoms with Crippen molar-refractivity contribution in [3.8, 4) is 0 Å². The Labute approximate surface area is 94.0 Å². The summed E-state index contributed by atoms with van der Waals surface area (Å²) in [6.07, 6.45) is 1.90. The summed E-state index contributed by atoms with van der Waals surface area (Å²) in [5.74, 6) is -1.15. The van der Waals surface area contributed by atoms with Crippen LogP contribution in [0, 0.1) is 11.6 Å². The minimum Gasteiger partial charge on any atom is -0.399 e. The largest absolute Gasteiger partial charge is 0.399 e. The van der Waals surface area contributed by atoms with E-state index in [9.17, 15) is 8.78 Å². The molecule has 0 spiro atoms. The average molecular weight is 226 g/mol. The predicted molar refractivity (Wildman–Crippen MR) is 61.4 cm³/mol. The van der Waals surface area contributed by atoms with Gasteiger partial charge in [0, 0.05) is 17.8 Å². The van der Waals surface area contributed by atoms with Crippen LogP contribution in [0.4, 0.5) is 20.2 Å². The van der Waals surface area contributed by atoms with Crippen molar-refractivity contribution in [3.63, 3.8) is 0 Å². The third-order valence-electron chi connectivity index (χ3n) is 3.21. The summed E-state index contributed by atoms with van der Waals surface area (Å²) >= 11 is 0. The van der Waals surface area contributed by atoms with Crippen molar-refractivity contribution in [2.45, 2.75) is 32.2 Å². The fourth-order valence-electron chi connectivity index (χ4n) is 2.36. The van der Waals surface area contributed by atoms with Crippen molar-refractivity contribution in [3.05, 3.63) is 23.8 Å². The highest BCUT2D eigenvalue weighted by Gasteiger charge is 2.35. The number of rotatable bonds is 1. The first-order valence-corrected chi connectivity index (χ1v) is 5.44. The lowest BCUT2D eigenvalue weighted by Crippen LogP contribution is -2.39. The second-order valence-corrected chi connectivity index (χ2v) is 4.90. The van der Waals surface area contributed by atoms with Crippen molar-refractivity contribution in [2.24, 2.45) is 0 Å². The first-order valence-electron chi connectivity index (χ1n) is 5.44. The zero-order chi connectivity index (χ0) is 11.9. The molecule has 1 fully saturated rings. The van der Waals surface area contributed by atoms with E-state index < -0.39 is 11.6 Å². The van der Waals surface area contributed by atoms with Gasteiger partial charge in [0.15, 0.2) is 11.6 Å². The molecule has 1 aromatic rings. The topological polar surface area (TPSA) is 29.3 Å². The van der Waals surface area contributed by atoms with Crippen molar-refractivity contribution in [1.82, 2.24) is 0 Å². The molecule has 0 aromatic heterocycles. The van der Waals surface area contributed by atoms with Crippen molar-refractivity contribution >= 4 is 11.4 Å². The molecule has 4 heteroatoms. The minimum atomic E-state index is -0.576. The second kappa shape index (κ2) is 3.61. The first kappa shape index (κ1) is 11.2. The van der Waals surface area contributed by atoms with Crippen molar-refractivity contribution in [1.29, 1.82) is 0 Å². The van der Waals surface area contributed by atoms with Crippen molar-refractivity contribution in [2.75, 3.05) is 17.2 Å². The van der Waals surface area contributed by atoms with Crippen LogP contribution < -0.4 is 10.6 Å². The summed E-state index contributed by atoms with van der Waals surface area (Å²) < 4.78 is 27.5. The van der Waals surface area contributed by atoms with E-state index in [2.05, 4.69) is 0 Å². The van der Waals surface area contributed by atoms with Gasteiger partial charge in [-0.15, -0.1) is 0 Å². The maximum atomic E-state index is 13.7. The molecule has 1 aliphatic heterocycles. The fourth-order valence-corrected chi connectivity index (χ4v) is 2.36. The van der Waals surface area contributed by atoms with Gasteiger partial charge < -0.3 is 10.6 Å². The lowest BCUT2D eigenvalue weighted by molar-refractivity contribution is 0.491. The Hall–Kier alpha value is -1.32. The van der Waals surface area contributed by atoms with Gasteiger partial charge in [-0.05, 0) is 38.8 Å². The number of nitrogen functional groups attached to an aromatic ring is 1. The van der Waals surface area contributed by atoms with Crippen LogP contribution in [0.2, 0.25) is 0 Å². The Balaban J connectivity index is 2.48. The van der Waals surface area contributed by atoms with Gasteiger partial charge in [-0.2, -0.15) is 0 Å². The van der Waals surface area contributed by atoms with Crippen LogP contribution in [-0.2, 0) is 0 Å². The highest BCUT2D eigenvalue weighted by Crippen LogP contribution is 2.37. The average Bonchev–Trinajstić information content (AvgIpc) is 2.44. The van der Waals surface area contributed by atoms with Crippen LogP contribution in [0.5, 0.6) is 0 Å². The van der Waals surface area contributed by atoms with Gasteiger partial charge in [0.1, 0.15) is 5.69 Å². The maximum absolute atomic E-state index is 13.7. The smallest absolute Gasteiger partial charge is 0.151 e. The zero-order valence-electron chi connectivity index (χ0n) is 9.56. The Kier molecular flexibility index (Phi) is 2.52. The Morgan fingerprint density at radius 1 is 1.25 bits per heavy atom. The highest BCUT2D eigenvalue weighted by atomic mass is 19.1. The van der Waals surface area contributed by atoms with Crippen LogP contribution >= 0.6 is 0 Å². The molecule has 1 aromatic carbocycles. The van der Waals surface area contributed by atoms with Gasteiger partial charge in [-0.1, -0.05) is 0 Å². The zero-order valence-corrected chi connectivity index (χ0v) is 9.56. The lowest BCUT2D eigenvalue weighted by atomic mass is 10.0. The quantitative estimate of drug-likeness (QED) is 0.746. The molecule has 2 rings (SSSR count). The molecule has 1 saturated heterocycles. The molecule has 2 nitrogen and oxygen atoms in total. The van der Waals surface area contributed by atoms with Crippen LogP contribution in [0.1, 0.15) is 26.7 Å². The van der Waals surface area contributed by atoms with Gasteiger partial charge in [0.25, 0.3) is 0 Å². The van der Waals surface area contributed by atoms with Crippen LogP contribution in [0.25, 0.3) is 0 Å². The van der Waals surface area contributed by atoms with E-state index in [1.165, 1.54) is 12.1 Å². The van der Waals surface area contributed by atoms with Gasteiger partial charge in [-0.25, -0.2) is 8.78 Å². The SMILES string of the molecule is CC1(C)CCCN1c1c(F)cc(N)cc1F. The highest BCUT2D eigenvalue weighted by molar-refractivity contribution is 5.57. The number of hydrogen-bond donors (Lipinski definition) is 1. The Bertz CT molecular complexity index is 392. The normalized spacial score (nSPS) is 19.1.